The lowest BCUT2D eigenvalue weighted by molar-refractivity contribution is -0.131. The van der Waals surface area contributed by atoms with E-state index in [1.165, 1.54) is 6.92 Å². The number of carbonyl (C=O) groups excluding carboxylic acids is 1. The second-order valence-corrected chi connectivity index (χ2v) is 5.52. The highest BCUT2D eigenvalue weighted by Crippen LogP contribution is 2.20. The molecule has 1 aromatic rings. The quantitative estimate of drug-likeness (QED) is 0.252. The molecule has 0 radical (unpaired) electrons. The van der Waals surface area contributed by atoms with Crippen LogP contribution < -0.4 is 4.74 Å². The molecule has 0 aliphatic rings. The van der Waals surface area contributed by atoms with Crippen molar-refractivity contribution in [1.29, 1.82) is 0 Å². The molecule has 0 saturated heterocycles. The van der Waals surface area contributed by atoms with Gasteiger partial charge in [-0.2, -0.15) is 21.6 Å². The van der Waals surface area contributed by atoms with E-state index in [9.17, 15) is 18.0 Å². The predicted octanol–water partition coefficient (Wildman–Crippen LogP) is 2.61. The van der Waals surface area contributed by atoms with Crippen LogP contribution in [0.5, 0.6) is 5.75 Å². The van der Waals surface area contributed by atoms with Gasteiger partial charge in [0.2, 0.25) is 0 Å². The average molecular weight is 412 g/mol. The molecule has 1 N–H and O–H groups in total. The Morgan fingerprint density at radius 3 is 2.05 bits per heavy atom. The molecule has 0 unspecified atom stereocenters. The van der Waals surface area contributed by atoms with E-state index >= 15 is 0 Å². The van der Waals surface area contributed by atoms with Gasteiger partial charge < -0.3 is 4.74 Å². The lowest BCUT2D eigenvalue weighted by atomic mass is 10.3. The molecule has 0 spiro atoms. The molecule has 0 aliphatic heterocycles. The largest absolute Gasteiger partial charge is 0.522 e. The van der Waals surface area contributed by atoms with Crippen molar-refractivity contribution in [3.63, 3.8) is 0 Å². The Kier molecular flexibility index (Phi) is 6.72. The van der Waals surface area contributed by atoms with E-state index in [-0.39, 0.29) is 5.97 Å². The normalized spacial score (nSPS) is 11.3. The summed E-state index contributed by atoms with van der Waals surface area (Å²) in [6, 6.07) is 7.39. The minimum Gasteiger partial charge on any atom is -0.426 e. The number of carbonyl (C=O) groups is 1. The lowest BCUT2D eigenvalue weighted by Gasteiger charge is -2.01. The molecule has 0 fully saturated rings. The van der Waals surface area contributed by atoms with Gasteiger partial charge in [0, 0.05) is 6.92 Å². The minimum atomic E-state index is -5.84. The van der Waals surface area contributed by atoms with E-state index in [0.717, 1.165) is 3.57 Å². The van der Waals surface area contributed by atoms with Crippen LogP contribution in [-0.2, 0) is 14.9 Å². The van der Waals surface area contributed by atoms with Crippen LogP contribution in [0.15, 0.2) is 24.3 Å². The molecule has 0 bridgehead atoms. The van der Waals surface area contributed by atoms with Crippen LogP contribution in [0, 0.1) is 3.57 Å². The van der Waals surface area contributed by atoms with Gasteiger partial charge in [-0.1, -0.05) is 12.1 Å². The molecule has 0 heterocycles. The summed E-state index contributed by atoms with van der Waals surface area (Å²) >= 11 is 2.12. The van der Waals surface area contributed by atoms with Gasteiger partial charge in [0.05, 0.1) is 3.57 Å². The summed E-state index contributed by atoms with van der Waals surface area (Å²) in [4.78, 5) is 10.5. The number of hydrogen-bond donors (Lipinski definition) is 1. The van der Waals surface area contributed by atoms with Gasteiger partial charge in [-0.3, -0.25) is 9.35 Å². The molecule has 0 saturated carbocycles. The van der Waals surface area contributed by atoms with Crippen molar-refractivity contribution in [1.82, 2.24) is 0 Å². The first kappa shape index (κ1) is 18.1. The molecular weight excluding hydrogens is 404 g/mol. The third-order valence-corrected chi connectivity index (χ3v) is 2.86. The summed E-state index contributed by atoms with van der Waals surface area (Å²) in [5.74, 6) is 0.342. The summed E-state index contributed by atoms with van der Waals surface area (Å²) < 4.78 is 63.4. The molecule has 5 nitrogen and oxygen atoms in total. The Bertz CT molecular complexity index is 541. The number of halogens is 4. The summed E-state index contributed by atoms with van der Waals surface area (Å²) in [6.07, 6.45) is 0. The van der Waals surface area contributed by atoms with Crippen LogP contribution in [0.2, 0.25) is 0 Å². The van der Waals surface area contributed by atoms with Gasteiger partial charge in [-0.15, -0.1) is 0 Å². The van der Waals surface area contributed by atoms with Gasteiger partial charge in [0.15, 0.2) is 0 Å². The van der Waals surface area contributed by atoms with E-state index in [0.29, 0.717) is 5.75 Å². The molecule has 0 amide bonds. The van der Waals surface area contributed by atoms with E-state index in [1.54, 1.807) is 6.07 Å². The van der Waals surface area contributed by atoms with Gasteiger partial charge in [0.25, 0.3) is 0 Å². The molecule has 10 heteroatoms. The summed E-state index contributed by atoms with van der Waals surface area (Å²) in [5, 5.41) is 0. The molecule has 0 atom stereocenters. The number of benzene rings is 1. The zero-order chi connectivity index (χ0) is 15.3. The highest BCUT2D eigenvalue weighted by Gasteiger charge is 2.44. The standard InChI is InChI=1S/C8H7IO2.CHF3O3S/c1-6(10)11-8-5-3-2-4-7(8)9;2-1(3,4)8(5,6)7/h2-5H,1H3;(H,5,6,7). The summed E-state index contributed by atoms with van der Waals surface area (Å²) in [5.41, 5.74) is -5.53. The maximum atomic E-state index is 10.7. The Morgan fingerprint density at radius 1 is 1.32 bits per heavy atom. The number of hydrogen-bond acceptors (Lipinski definition) is 4. The van der Waals surface area contributed by atoms with Gasteiger partial charge in [-0.25, -0.2) is 0 Å². The van der Waals surface area contributed by atoms with Crippen LogP contribution in [0.1, 0.15) is 6.92 Å². The molecule has 108 valence electrons. The zero-order valence-electron chi connectivity index (χ0n) is 9.31. The van der Waals surface area contributed by atoms with Crippen LogP contribution in [0.4, 0.5) is 13.2 Å². The predicted molar refractivity (Wildman–Crippen MR) is 68.1 cm³/mol. The number of para-hydroxylation sites is 1. The maximum Gasteiger partial charge on any atom is 0.522 e. The second-order valence-electron chi connectivity index (χ2n) is 2.94. The Labute approximate surface area is 120 Å². The first-order valence-corrected chi connectivity index (χ1v) is 6.93. The zero-order valence-corrected chi connectivity index (χ0v) is 12.3. The van der Waals surface area contributed by atoms with Crippen molar-refractivity contribution in [2.24, 2.45) is 0 Å². The fraction of sp³-hybridized carbons (Fsp3) is 0.222. The smallest absolute Gasteiger partial charge is 0.426 e. The van der Waals surface area contributed by atoms with Crippen LogP contribution in [0.3, 0.4) is 0 Å². The Balaban J connectivity index is 0.000000362. The van der Waals surface area contributed by atoms with Crippen LogP contribution in [0.25, 0.3) is 0 Å². The molecule has 1 aromatic carbocycles. The first-order valence-electron chi connectivity index (χ1n) is 4.42. The molecule has 0 aliphatic carbocycles. The maximum absolute atomic E-state index is 10.7. The number of rotatable bonds is 1. The minimum absolute atomic E-state index is 0.283. The number of ether oxygens (including phenoxy) is 1. The third-order valence-electron chi connectivity index (χ3n) is 1.38. The van der Waals surface area contributed by atoms with Crippen molar-refractivity contribution in [2.75, 3.05) is 0 Å². The van der Waals surface area contributed by atoms with E-state index in [2.05, 4.69) is 22.6 Å². The number of esters is 1. The third kappa shape index (κ3) is 7.32. The topological polar surface area (TPSA) is 80.7 Å². The molecule has 19 heavy (non-hydrogen) atoms. The lowest BCUT2D eigenvalue weighted by Crippen LogP contribution is -2.21. The fourth-order valence-corrected chi connectivity index (χ4v) is 1.18. The molecular formula is C9H8F3IO5S. The van der Waals surface area contributed by atoms with Crippen LogP contribution in [-0.4, -0.2) is 24.4 Å². The van der Waals surface area contributed by atoms with Crippen molar-refractivity contribution in [3.05, 3.63) is 27.8 Å². The van der Waals surface area contributed by atoms with Crippen LogP contribution >= 0.6 is 22.6 Å². The second kappa shape index (κ2) is 7.05. The SMILES string of the molecule is CC(=O)Oc1ccccc1I.O=S(=O)(O)C(F)(F)F. The van der Waals surface area contributed by atoms with Gasteiger partial charge in [-0.05, 0) is 34.7 Å². The van der Waals surface area contributed by atoms with Gasteiger partial charge >= 0.3 is 21.6 Å². The average Bonchev–Trinajstić information content (AvgIpc) is 2.18. The van der Waals surface area contributed by atoms with E-state index in [4.69, 9.17) is 17.7 Å². The molecule has 0 aromatic heterocycles. The summed E-state index contributed by atoms with van der Waals surface area (Å²) in [6.45, 7) is 1.39. The van der Waals surface area contributed by atoms with E-state index < -0.39 is 15.6 Å². The summed E-state index contributed by atoms with van der Waals surface area (Å²) in [7, 11) is -5.84. The fourth-order valence-electron chi connectivity index (χ4n) is 0.682. The monoisotopic (exact) mass is 412 g/mol. The van der Waals surface area contributed by atoms with Crippen molar-refractivity contribution in [3.8, 4) is 5.75 Å². The highest BCUT2D eigenvalue weighted by molar-refractivity contribution is 14.1. The Hall–Kier alpha value is -0.880. The van der Waals surface area contributed by atoms with Crippen molar-refractivity contribution < 1.29 is 35.7 Å². The Morgan fingerprint density at radius 2 is 1.74 bits per heavy atom. The molecule has 1 rings (SSSR count). The van der Waals surface area contributed by atoms with Gasteiger partial charge in [0.1, 0.15) is 5.75 Å². The van der Waals surface area contributed by atoms with E-state index in [1.807, 2.05) is 18.2 Å². The van der Waals surface area contributed by atoms with Crippen molar-refractivity contribution in [2.45, 2.75) is 12.4 Å². The number of alkyl halides is 3. The first-order chi connectivity index (χ1) is 8.45. The van der Waals surface area contributed by atoms with Crippen molar-refractivity contribution >= 4 is 38.7 Å². The highest BCUT2D eigenvalue weighted by atomic mass is 127.